The van der Waals surface area contributed by atoms with Crippen molar-refractivity contribution < 1.29 is 24.5 Å². The number of unbranched alkanes of at least 4 members (excludes halogenated alkanes) is 28. The molecule has 0 saturated carbocycles. The van der Waals surface area contributed by atoms with Crippen molar-refractivity contribution in [1.82, 2.24) is 5.32 Å². The van der Waals surface area contributed by atoms with Crippen molar-refractivity contribution in [2.24, 2.45) is 0 Å². The molecule has 0 aliphatic rings. The van der Waals surface area contributed by atoms with Crippen LogP contribution in [0.3, 0.4) is 0 Å². The number of ether oxygens (including phenoxy) is 1. The molecule has 3 unspecified atom stereocenters. The molecule has 0 heterocycles. The summed E-state index contributed by atoms with van der Waals surface area (Å²) in [5.74, 6) is -0.568. The molecule has 3 N–H and O–H groups in total. The van der Waals surface area contributed by atoms with Gasteiger partial charge in [-0.15, -0.1) is 0 Å². The number of aliphatic hydroxyl groups excluding tert-OH is 2. The van der Waals surface area contributed by atoms with E-state index in [2.05, 4.69) is 68.6 Å². The normalized spacial score (nSPS) is 13.6. The molecule has 61 heavy (non-hydrogen) atoms. The highest BCUT2D eigenvalue weighted by molar-refractivity contribution is 5.77. The van der Waals surface area contributed by atoms with Crippen molar-refractivity contribution in [2.75, 3.05) is 6.61 Å². The quantitative estimate of drug-likeness (QED) is 0.0322. The number of hydrogen-bond donors (Lipinski definition) is 3. The van der Waals surface area contributed by atoms with E-state index in [4.69, 9.17) is 4.74 Å². The maximum Gasteiger partial charge on any atom is 0.306 e. The number of amides is 1. The molecule has 1 amide bonds. The van der Waals surface area contributed by atoms with Gasteiger partial charge in [-0.05, 0) is 44.9 Å². The smallest absolute Gasteiger partial charge is 0.306 e. The van der Waals surface area contributed by atoms with Crippen LogP contribution in [0.2, 0.25) is 0 Å². The van der Waals surface area contributed by atoms with E-state index >= 15 is 0 Å². The van der Waals surface area contributed by atoms with Gasteiger partial charge in [-0.2, -0.15) is 0 Å². The van der Waals surface area contributed by atoms with Gasteiger partial charge in [0.15, 0.2) is 0 Å². The molecule has 0 fully saturated rings. The third-order valence-corrected chi connectivity index (χ3v) is 11.9. The summed E-state index contributed by atoms with van der Waals surface area (Å²) in [6.45, 7) is 6.44. The lowest BCUT2D eigenvalue weighted by Gasteiger charge is -2.24. The number of esters is 1. The van der Waals surface area contributed by atoms with Crippen molar-refractivity contribution in [3.8, 4) is 0 Å². The number of rotatable bonds is 47. The standard InChI is InChI=1S/C55H101NO5/c1-4-7-10-13-16-19-22-25-27-29-31-34-37-40-43-46-51(61-55(60)48-45-42-39-36-33-24-21-18-15-12-9-6-3)49-54(59)56-52(50-57)53(58)47-44-41-38-35-32-30-28-26-23-20-17-14-11-8-5-2/h16,19,25,27,31,34,40,43,51-53,57-58H,4-15,17-18,20-24,26,28-30,32-33,35-39,41-42,44-50H2,1-3H3,(H,56,59)/b19-16-,27-25-,34-31-,43-40-. The zero-order valence-electron chi connectivity index (χ0n) is 40.5. The summed E-state index contributed by atoms with van der Waals surface area (Å²) in [6, 6.07) is -0.729. The van der Waals surface area contributed by atoms with E-state index in [0.29, 0.717) is 19.3 Å². The molecular weight excluding hydrogens is 755 g/mol. The summed E-state index contributed by atoms with van der Waals surface area (Å²) in [5, 5.41) is 23.8. The Kier molecular flexibility index (Phi) is 47.1. The molecule has 0 rings (SSSR count). The van der Waals surface area contributed by atoms with E-state index in [9.17, 15) is 19.8 Å². The fraction of sp³-hybridized carbons (Fsp3) is 0.818. The van der Waals surface area contributed by atoms with Crippen LogP contribution in [0.5, 0.6) is 0 Å². The van der Waals surface area contributed by atoms with Crippen LogP contribution in [0, 0.1) is 0 Å². The van der Waals surface area contributed by atoms with E-state index in [1.807, 2.05) is 6.08 Å². The summed E-state index contributed by atoms with van der Waals surface area (Å²) in [5.41, 5.74) is 0. The number of aliphatic hydroxyl groups is 2. The zero-order valence-corrected chi connectivity index (χ0v) is 40.5. The Labute approximate surface area is 378 Å². The molecule has 0 bridgehead atoms. The first-order valence-electron chi connectivity index (χ1n) is 26.4. The minimum absolute atomic E-state index is 0.00435. The molecule has 0 saturated heterocycles. The highest BCUT2D eigenvalue weighted by Gasteiger charge is 2.23. The minimum Gasteiger partial charge on any atom is -0.461 e. The van der Waals surface area contributed by atoms with Crippen LogP contribution in [0.4, 0.5) is 0 Å². The molecule has 6 heteroatoms. The van der Waals surface area contributed by atoms with Crippen molar-refractivity contribution in [1.29, 1.82) is 0 Å². The average Bonchev–Trinajstić information content (AvgIpc) is 3.25. The maximum absolute atomic E-state index is 13.2. The summed E-state index contributed by atoms with van der Waals surface area (Å²) in [6.07, 6.45) is 59.0. The lowest BCUT2D eigenvalue weighted by Crippen LogP contribution is -2.46. The molecular formula is C55H101NO5. The fourth-order valence-corrected chi connectivity index (χ4v) is 7.88. The fourth-order valence-electron chi connectivity index (χ4n) is 7.88. The van der Waals surface area contributed by atoms with Crippen LogP contribution in [-0.4, -0.2) is 46.9 Å². The number of carbonyl (C=O) groups excluding carboxylic acids is 2. The predicted octanol–water partition coefficient (Wildman–Crippen LogP) is 15.8. The second-order valence-electron chi connectivity index (χ2n) is 17.9. The summed E-state index contributed by atoms with van der Waals surface area (Å²) in [7, 11) is 0. The van der Waals surface area contributed by atoms with Crippen molar-refractivity contribution in [3.63, 3.8) is 0 Å². The van der Waals surface area contributed by atoms with Gasteiger partial charge < -0.3 is 20.3 Å². The van der Waals surface area contributed by atoms with E-state index in [-0.39, 0.29) is 24.9 Å². The van der Waals surface area contributed by atoms with Crippen molar-refractivity contribution >= 4 is 11.9 Å². The highest BCUT2D eigenvalue weighted by atomic mass is 16.5. The van der Waals surface area contributed by atoms with Gasteiger partial charge in [0.1, 0.15) is 6.10 Å². The maximum atomic E-state index is 13.2. The second kappa shape index (κ2) is 48.8. The molecule has 0 aromatic rings. The Morgan fingerprint density at radius 3 is 1.31 bits per heavy atom. The Morgan fingerprint density at radius 1 is 0.492 bits per heavy atom. The molecule has 0 aromatic carbocycles. The van der Waals surface area contributed by atoms with Gasteiger partial charge in [0.2, 0.25) is 5.91 Å². The van der Waals surface area contributed by atoms with E-state index in [1.54, 1.807) is 0 Å². The van der Waals surface area contributed by atoms with Crippen LogP contribution in [0.15, 0.2) is 48.6 Å². The van der Waals surface area contributed by atoms with E-state index < -0.39 is 18.2 Å². The van der Waals surface area contributed by atoms with Crippen molar-refractivity contribution in [2.45, 2.75) is 283 Å². The molecule has 0 radical (unpaired) electrons. The Bertz CT molecular complexity index is 1050. The monoisotopic (exact) mass is 856 g/mol. The lowest BCUT2D eigenvalue weighted by molar-refractivity contribution is -0.150. The predicted molar refractivity (Wildman–Crippen MR) is 264 cm³/mol. The lowest BCUT2D eigenvalue weighted by atomic mass is 10.0. The van der Waals surface area contributed by atoms with Crippen LogP contribution < -0.4 is 5.32 Å². The van der Waals surface area contributed by atoms with Gasteiger partial charge in [0.05, 0.1) is 25.2 Å². The van der Waals surface area contributed by atoms with Gasteiger partial charge in [-0.3, -0.25) is 9.59 Å². The Balaban J connectivity index is 4.66. The van der Waals surface area contributed by atoms with Gasteiger partial charge in [-0.25, -0.2) is 0 Å². The van der Waals surface area contributed by atoms with Crippen LogP contribution >= 0.6 is 0 Å². The number of carbonyl (C=O) groups is 2. The average molecular weight is 856 g/mol. The molecule has 3 atom stereocenters. The summed E-state index contributed by atoms with van der Waals surface area (Å²) in [4.78, 5) is 26.1. The SMILES string of the molecule is CCCCC/C=C\C/C=C\C/C=C\C/C=C\CC(CC(=O)NC(CO)C(O)CCCCCCCCCCCCCCCCC)OC(=O)CCCCCCCCCCCCCC. The minimum atomic E-state index is -0.809. The molecule has 356 valence electrons. The van der Waals surface area contributed by atoms with Gasteiger partial charge >= 0.3 is 5.97 Å². The summed E-state index contributed by atoms with van der Waals surface area (Å²) >= 11 is 0. The largest absolute Gasteiger partial charge is 0.461 e. The molecule has 6 nitrogen and oxygen atoms in total. The van der Waals surface area contributed by atoms with Crippen LogP contribution in [-0.2, 0) is 14.3 Å². The first-order chi connectivity index (χ1) is 30.0. The van der Waals surface area contributed by atoms with Gasteiger partial charge in [-0.1, -0.05) is 249 Å². The second-order valence-corrected chi connectivity index (χ2v) is 17.9. The number of nitrogens with one attached hydrogen (secondary N) is 1. The molecule has 0 aromatic heterocycles. The third-order valence-electron chi connectivity index (χ3n) is 11.9. The molecule has 0 aliphatic carbocycles. The molecule has 0 aliphatic heterocycles. The molecule has 0 spiro atoms. The van der Waals surface area contributed by atoms with Gasteiger partial charge in [0.25, 0.3) is 0 Å². The Morgan fingerprint density at radius 2 is 0.869 bits per heavy atom. The first kappa shape index (κ1) is 58.8. The number of hydrogen-bond acceptors (Lipinski definition) is 5. The first-order valence-corrected chi connectivity index (χ1v) is 26.4. The van der Waals surface area contributed by atoms with Crippen LogP contribution in [0.25, 0.3) is 0 Å². The topological polar surface area (TPSA) is 95.9 Å². The van der Waals surface area contributed by atoms with Crippen molar-refractivity contribution in [3.05, 3.63) is 48.6 Å². The third kappa shape index (κ3) is 44.2. The Hall–Kier alpha value is -2.18. The zero-order chi connectivity index (χ0) is 44.5. The summed E-state index contributed by atoms with van der Waals surface area (Å²) < 4.78 is 5.87. The highest BCUT2D eigenvalue weighted by Crippen LogP contribution is 2.17. The van der Waals surface area contributed by atoms with Gasteiger partial charge in [0, 0.05) is 12.8 Å². The number of allylic oxidation sites excluding steroid dienone is 7. The van der Waals surface area contributed by atoms with Crippen LogP contribution in [0.1, 0.15) is 265 Å². The van der Waals surface area contributed by atoms with E-state index in [0.717, 1.165) is 57.8 Å². The van der Waals surface area contributed by atoms with E-state index in [1.165, 1.54) is 161 Å².